The molecule has 1 rings (SSSR count). The quantitative estimate of drug-likeness (QED) is 0.615. The summed E-state index contributed by atoms with van der Waals surface area (Å²) in [6, 6.07) is 1.95. The summed E-state index contributed by atoms with van der Waals surface area (Å²) in [5, 5.41) is 0. The average Bonchev–Trinajstić information content (AvgIpc) is 2.14. The SMILES string of the molecule is NNCc1cc(Br)c(Cl)s1. The summed E-state index contributed by atoms with van der Waals surface area (Å²) in [5.74, 6) is 5.12. The Kier molecular flexibility index (Phi) is 3.13. The van der Waals surface area contributed by atoms with Crippen molar-refractivity contribution >= 4 is 38.9 Å². The summed E-state index contributed by atoms with van der Waals surface area (Å²) in [5.41, 5.74) is 2.56. The number of nitrogens with one attached hydrogen (secondary N) is 1. The lowest BCUT2D eigenvalue weighted by molar-refractivity contribution is 0.751. The van der Waals surface area contributed by atoms with Gasteiger partial charge in [-0.05, 0) is 22.0 Å². The van der Waals surface area contributed by atoms with Crippen LogP contribution in [0.3, 0.4) is 0 Å². The van der Waals surface area contributed by atoms with E-state index in [-0.39, 0.29) is 0 Å². The molecule has 1 aromatic heterocycles. The monoisotopic (exact) mass is 240 g/mol. The molecule has 0 saturated heterocycles. The van der Waals surface area contributed by atoms with E-state index in [2.05, 4.69) is 21.4 Å². The van der Waals surface area contributed by atoms with Crippen LogP contribution in [0.1, 0.15) is 4.88 Å². The summed E-state index contributed by atoms with van der Waals surface area (Å²) in [6.45, 7) is 0.663. The van der Waals surface area contributed by atoms with Gasteiger partial charge in [-0.15, -0.1) is 11.3 Å². The number of hydrogen-bond acceptors (Lipinski definition) is 3. The molecule has 0 aliphatic carbocycles. The Labute approximate surface area is 76.5 Å². The molecule has 0 aromatic carbocycles. The predicted molar refractivity (Wildman–Crippen MR) is 48.1 cm³/mol. The summed E-state index contributed by atoms with van der Waals surface area (Å²) in [6.07, 6.45) is 0. The van der Waals surface area contributed by atoms with E-state index < -0.39 is 0 Å². The average molecular weight is 242 g/mol. The van der Waals surface area contributed by atoms with E-state index >= 15 is 0 Å². The number of hydrazine groups is 1. The Morgan fingerprint density at radius 1 is 1.80 bits per heavy atom. The second-order valence-corrected chi connectivity index (χ2v) is 4.31. The van der Waals surface area contributed by atoms with Crippen LogP contribution < -0.4 is 11.3 Å². The number of nitrogens with two attached hydrogens (primary N) is 1. The number of halogens is 2. The van der Waals surface area contributed by atoms with Gasteiger partial charge in [0.1, 0.15) is 4.34 Å². The van der Waals surface area contributed by atoms with Gasteiger partial charge in [0.2, 0.25) is 0 Å². The molecule has 56 valence electrons. The van der Waals surface area contributed by atoms with Crippen LogP contribution in [-0.4, -0.2) is 0 Å². The highest BCUT2D eigenvalue weighted by atomic mass is 79.9. The number of rotatable bonds is 2. The van der Waals surface area contributed by atoms with Crippen LogP contribution in [0.25, 0.3) is 0 Å². The highest BCUT2D eigenvalue weighted by Crippen LogP contribution is 2.31. The van der Waals surface area contributed by atoms with Crippen molar-refractivity contribution in [3.05, 3.63) is 19.8 Å². The van der Waals surface area contributed by atoms with Gasteiger partial charge >= 0.3 is 0 Å². The highest BCUT2D eigenvalue weighted by molar-refractivity contribution is 9.10. The second kappa shape index (κ2) is 3.69. The zero-order chi connectivity index (χ0) is 7.56. The predicted octanol–water partition coefficient (Wildman–Crippen LogP) is 2.13. The van der Waals surface area contributed by atoms with Crippen molar-refractivity contribution in [3.63, 3.8) is 0 Å². The molecule has 1 aromatic rings. The third-order valence-electron chi connectivity index (χ3n) is 0.972. The van der Waals surface area contributed by atoms with Gasteiger partial charge in [-0.25, -0.2) is 0 Å². The van der Waals surface area contributed by atoms with Crippen LogP contribution in [-0.2, 0) is 6.54 Å². The van der Waals surface area contributed by atoms with E-state index in [0.29, 0.717) is 6.54 Å². The standard InChI is InChI=1S/C5H6BrClN2S/c6-4-1-3(2-9-8)10-5(4)7/h1,9H,2,8H2. The van der Waals surface area contributed by atoms with E-state index in [9.17, 15) is 0 Å². The Bertz CT molecular complexity index is 206. The fourth-order valence-corrected chi connectivity index (χ4v) is 2.32. The highest BCUT2D eigenvalue weighted by Gasteiger charge is 2.02. The van der Waals surface area contributed by atoms with E-state index in [4.69, 9.17) is 17.4 Å². The van der Waals surface area contributed by atoms with Gasteiger partial charge in [-0.2, -0.15) is 0 Å². The van der Waals surface area contributed by atoms with Gasteiger partial charge in [-0.1, -0.05) is 11.6 Å². The van der Waals surface area contributed by atoms with Crippen molar-refractivity contribution in [3.8, 4) is 0 Å². The number of hydrogen-bond donors (Lipinski definition) is 2. The van der Waals surface area contributed by atoms with Crippen LogP contribution in [0.2, 0.25) is 4.34 Å². The first-order valence-corrected chi connectivity index (χ1v) is 4.60. The van der Waals surface area contributed by atoms with Crippen LogP contribution in [0.15, 0.2) is 10.5 Å². The summed E-state index contributed by atoms with van der Waals surface area (Å²) in [7, 11) is 0. The zero-order valence-electron chi connectivity index (χ0n) is 5.03. The molecule has 5 heteroatoms. The molecule has 2 nitrogen and oxygen atoms in total. The van der Waals surface area contributed by atoms with Gasteiger partial charge < -0.3 is 0 Å². The molecular weight excluding hydrogens is 235 g/mol. The lowest BCUT2D eigenvalue weighted by atomic mass is 10.5. The minimum atomic E-state index is 0.663. The normalized spacial score (nSPS) is 10.3. The van der Waals surface area contributed by atoms with Crippen LogP contribution >= 0.6 is 38.9 Å². The molecule has 0 fully saturated rings. The molecule has 0 bridgehead atoms. The molecule has 10 heavy (non-hydrogen) atoms. The minimum Gasteiger partial charge on any atom is -0.271 e. The van der Waals surface area contributed by atoms with Crippen LogP contribution in [0.5, 0.6) is 0 Å². The number of thiophene rings is 1. The molecule has 0 radical (unpaired) electrons. The third kappa shape index (κ3) is 1.93. The molecule has 0 saturated carbocycles. The fourth-order valence-electron chi connectivity index (χ4n) is 0.579. The molecule has 3 N–H and O–H groups in total. The third-order valence-corrected chi connectivity index (χ3v) is 3.45. The molecule has 0 unspecified atom stereocenters. The molecule has 0 aliphatic rings. The maximum absolute atomic E-state index is 5.77. The molecule has 0 amide bonds. The van der Waals surface area contributed by atoms with Gasteiger partial charge in [0.15, 0.2) is 0 Å². The molecule has 1 heterocycles. The van der Waals surface area contributed by atoms with E-state index in [1.807, 2.05) is 6.07 Å². The van der Waals surface area contributed by atoms with Crippen LogP contribution in [0.4, 0.5) is 0 Å². The Morgan fingerprint density at radius 3 is 2.90 bits per heavy atom. The smallest absolute Gasteiger partial charge is 0.107 e. The molecule has 0 aliphatic heterocycles. The Balaban J connectivity index is 2.77. The summed E-state index contributed by atoms with van der Waals surface area (Å²) in [4.78, 5) is 1.12. The largest absolute Gasteiger partial charge is 0.271 e. The summed E-state index contributed by atoms with van der Waals surface area (Å²) < 4.78 is 1.70. The van der Waals surface area contributed by atoms with Crippen molar-refractivity contribution in [1.29, 1.82) is 0 Å². The van der Waals surface area contributed by atoms with Crippen molar-refractivity contribution < 1.29 is 0 Å². The maximum atomic E-state index is 5.77. The van der Waals surface area contributed by atoms with Crippen molar-refractivity contribution in [2.24, 2.45) is 5.84 Å². The first-order chi connectivity index (χ1) is 4.74. The summed E-state index contributed by atoms with van der Waals surface area (Å²) >= 11 is 10.6. The van der Waals surface area contributed by atoms with E-state index in [1.54, 1.807) is 0 Å². The molecule has 0 atom stereocenters. The minimum absolute atomic E-state index is 0.663. The maximum Gasteiger partial charge on any atom is 0.107 e. The fraction of sp³-hybridized carbons (Fsp3) is 0.200. The lowest BCUT2D eigenvalue weighted by Crippen LogP contribution is -2.19. The first kappa shape index (κ1) is 8.49. The van der Waals surface area contributed by atoms with E-state index in [0.717, 1.165) is 13.7 Å². The van der Waals surface area contributed by atoms with Gasteiger partial charge in [0, 0.05) is 15.9 Å². The Morgan fingerprint density at radius 2 is 2.50 bits per heavy atom. The lowest BCUT2D eigenvalue weighted by Gasteiger charge is -1.89. The molecule has 0 spiro atoms. The Hall–Kier alpha value is 0.390. The topological polar surface area (TPSA) is 38.0 Å². The van der Waals surface area contributed by atoms with Crippen molar-refractivity contribution in [2.45, 2.75) is 6.54 Å². The zero-order valence-corrected chi connectivity index (χ0v) is 8.18. The van der Waals surface area contributed by atoms with Crippen LogP contribution in [0, 0.1) is 0 Å². The second-order valence-electron chi connectivity index (χ2n) is 1.72. The van der Waals surface area contributed by atoms with Crippen molar-refractivity contribution in [1.82, 2.24) is 5.43 Å². The first-order valence-electron chi connectivity index (χ1n) is 2.61. The van der Waals surface area contributed by atoms with Crippen molar-refractivity contribution in [2.75, 3.05) is 0 Å². The van der Waals surface area contributed by atoms with Gasteiger partial charge in [0.25, 0.3) is 0 Å². The molecular formula is C5H6BrClN2S. The van der Waals surface area contributed by atoms with Gasteiger partial charge in [-0.3, -0.25) is 11.3 Å². The van der Waals surface area contributed by atoms with E-state index in [1.165, 1.54) is 11.3 Å². The van der Waals surface area contributed by atoms with Gasteiger partial charge in [0.05, 0.1) is 0 Å².